The van der Waals surface area contributed by atoms with Crippen LogP contribution in [0.5, 0.6) is 0 Å². The Bertz CT molecular complexity index is 1260. The molecule has 3 rings (SSSR count). The van der Waals surface area contributed by atoms with Crippen LogP contribution >= 0.6 is 23.2 Å². The molecule has 0 heterocycles. The van der Waals surface area contributed by atoms with Gasteiger partial charge in [-0.2, -0.15) is 0 Å². The first kappa shape index (κ1) is 32.3. The molecule has 0 aliphatic carbocycles. The lowest BCUT2D eigenvalue weighted by Gasteiger charge is -2.32. The molecule has 0 bridgehead atoms. The molecule has 39 heavy (non-hydrogen) atoms. The third kappa shape index (κ3) is 10.3. The lowest BCUT2D eigenvalue weighted by Crippen LogP contribution is -2.48. The summed E-state index contributed by atoms with van der Waals surface area (Å²) in [5.41, 5.74) is 7.25. The van der Waals surface area contributed by atoms with Gasteiger partial charge in [-0.05, 0) is 48.2 Å². The van der Waals surface area contributed by atoms with E-state index in [2.05, 4.69) is 6.92 Å². The van der Waals surface area contributed by atoms with Crippen LogP contribution in [0.4, 0.5) is 5.69 Å². The molecule has 1 amide bonds. The number of rotatable bonds is 11. The maximum Gasteiger partial charge on any atom is 0.326 e. The van der Waals surface area contributed by atoms with Crippen LogP contribution in [0.25, 0.3) is 0 Å². The molecule has 3 atom stereocenters. The molecule has 210 valence electrons. The number of hydrogen-bond donors (Lipinski definition) is 2. The van der Waals surface area contributed by atoms with E-state index in [-0.39, 0.29) is 22.9 Å². The fraction of sp³-hybridized carbons (Fsp3) is 0.333. The van der Waals surface area contributed by atoms with Crippen molar-refractivity contribution in [2.75, 3.05) is 18.5 Å². The Balaban J connectivity index is 0.000000446. The molecule has 3 N–H and O–H groups in total. The second kappa shape index (κ2) is 16.3. The Kier molecular flexibility index (Phi) is 13.5. The molecule has 0 fully saturated rings. The van der Waals surface area contributed by atoms with E-state index in [0.717, 1.165) is 24.8 Å². The number of nitrogens with two attached hydrogens (primary N) is 1. The molecule has 0 spiro atoms. The molecular weight excluding hydrogens is 555 g/mol. The van der Waals surface area contributed by atoms with Crippen molar-refractivity contribution in [2.24, 2.45) is 5.92 Å². The van der Waals surface area contributed by atoms with E-state index in [4.69, 9.17) is 28.9 Å². The van der Waals surface area contributed by atoms with Crippen molar-refractivity contribution >= 4 is 51.6 Å². The molecule has 0 saturated heterocycles. The van der Waals surface area contributed by atoms with Gasteiger partial charge >= 0.3 is 5.97 Å². The number of halogens is 2. The Morgan fingerprint density at radius 3 is 2.21 bits per heavy atom. The number of nitrogens with zero attached hydrogens (tertiary/aromatic N) is 1. The fourth-order valence-electron chi connectivity index (χ4n) is 4.06. The lowest BCUT2D eigenvalue weighted by molar-refractivity contribution is -0.142. The minimum absolute atomic E-state index is 0.169. The van der Waals surface area contributed by atoms with Crippen LogP contribution in [0.3, 0.4) is 0 Å². The van der Waals surface area contributed by atoms with Gasteiger partial charge in [-0.15, -0.1) is 0 Å². The van der Waals surface area contributed by atoms with E-state index < -0.39 is 28.7 Å². The number of carboxylic acid groups (broad SMARTS) is 1. The molecule has 0 radical (unpaired) electrons. The number of unbranched alkanes of at least 4 members (excludes halogenated alkanes) is 1. The zero-order valence-corrected chi connectivity index (χ0v) is 24.8. The minimum atomic E-state index is -1.03. The van der Waals surface area contributed by atoms with Crippen LogP contribution in [0.2, 0.25) is 10.0 Å². The van der Waals surface area contributed by atoms with E-state index in [9.17, 15) is 18.9 Å². The standard InChI is InChI=1S/C23H27Cl2NO3.C7H9NOS/c1-3-4-8-16(2)15-26(22(27)19-12-11-18(24)14-20(19)25)21(23(28)29)13-17-9-6-5-7-10-17;1-10(9)7-5-3-2-4-6(7)8/h5-7,9-12,14,16,21H,3-4,8,13,15H2,1-2H3,(H,28,29);2-5H,8H2,1H3/t16?,21-;/m0./s1. The quantitative estimate of drug-likeness (QED) is 0.235. The summed E-state index contributed by atoms with van der Waals surface area (Å²) in [6.07, 6.45) is 4.85. The average molecular weight is 592 g/mol. The summed E-state index contributed by atoms with van der Waals surface area (Å²) in [7, 11) is -0.966. The van der Waals surface area contributed by atoms with Crippen LogP contribution in [0, 0.1) is 5.92 Å². The highest BCUT2D eigenvalue weighted by Gasteiger charge is 2.32. The predicted octanol–water partition coefficient (Wildman–Crippen LogP) is 6.96. The summed E-state index contributed by atoms with van der Waals surface area (Å²) < 4.78 is 10.9. The Hall–Kier alpha value is -2.87. The molecule has 2 unspecified atom stereocenters. The molecule has 9 heteroatoms. The Labute approximate surface area is 243 Å². The number of nitrogen functional groups attached to an aromatic ring is 1. The normalized spacial score (nSPS) is 12.9. The van der Waals surface area contributed by atoms with Gasteiger partial charge in [0.15, 0.2) is 0 Å². The largest absolute Gasteiger partial charge is 0.480 e. The highest BCUT2D eigenvalue weighted by Crippen LogP contribution is 2.25. The smallest absolute Gasteiger partial charge is 0.326 e. The van der Waals surface area contributed by atoms with E-state index in [1.54, 1.807) is 30.5 Å². The van der Waals surface area contributed by atoms with E-state index in [0.29, 0.717) is 22.2 Å². The number of para-hydroxylation sites is 1. The van der Waals surface area contributed by atoms with Crippen molar-refractivity contribution in [3.63, 3.8) is 0 Å². The van der Waals surface area contributed by atoms with Crippen LogP contribution in [-0.4, -0.2) is 44.9 Å². The van der Waals surface area contributed by atoms with Crippen molar-refractivity contribution in [1.82, 2.24) is 4.90 Å². The number of anilines is 1. The van der Waals surface area contributed by atoms with Crippen LogP contribution < -0.4 is 5.73 Å². The first-order valence-corrected chi connectivity index (χ1v) is 15.1. The SMILES string of the molecule is CCCCC(C)CN(C(=O)c1ccc(Cl)cc1Cl)[C@@H](Cc1ccccc1)C(=O)O.CS(=O)c1ccccc1N. The third-order valence-electron chi connectivity index (χ3n) is 6.14. The van der Waals surface area contributed by atoms with Crippen LogP contribution in [0.15, 0.2) is 77.7 Å². The number of carboxylic acids is 1. The van der Waals surface area contributed by atoms with Gasteiger partial charge in [0.2, 0.25) is 0 Å². The van der Waals surface area contributed by atoms with Gasteiger partial charge in [-0.3, -0.25) is 9.00 Å². The van der Waals surface area contributed by atoms with Gasteiger partial charge in [0.1, 0.15) is 6.04 Å². The second-order valence-corrected chi connectivity index (χ2v) is 11.6. The number of aliphatic carboxylic acids is 1. The first-order valence-electron chi connectivity index (χ1n) is 12.8. The minimum Gasteiger partial charge on any atom is -0.480 e. The van der Waals surface area contributed by atoms with Crippen molar-refractivity contribution in [2.45, 2.75) is 50.5 Å². The predicted molar refractivity (Wildman–Crippen MR) is 161 cm³/mol. The summed E-state index contributed by atoms with van der Waals surface area (Å²) in [6, 6.07) is 20.2. The molecule has 3 aromatic rings. The van der Waals surface area contributed by atoms with Crippen molar-refractivity contribution < 1.29 is 18.9 Å². The Morgan fingerprint density at radius 1 is 1.03 bits per heavy atom. The summed E-state index contributed by atoms with van der Waals surface area (Å²) in [4.78, 5) is 27.7. The maximum atomic E-state index is 13.4. The summed E-state index contributed by atoms with van der Waals surface area (Å²) >= 11 is 12.2. The average Bonchev–Trinajstić information content (AvgIpc) is 2.90. The molecule has 3 aromatic carbocycles. The summed E-state index contributed by atoms with van der Waals surface area (Å²) in [5, 5.41) is 10.6. The highest BCUT2D eigenvalue weighted by atomic mass is 35.5. The molecule has 6 nitrogen and oxygen atoms in total. The lowest BCUT2D eigenvalue weighted by atomic mass is 9.99. The molecule has 0 aliphatic rings. The number of amides is 1. The zero-order valence-electron chi connectivity index (χ0n) is 22.5. The van der Waals surface area contributed by atoms with Gasteiger partial charge < -0.3 is 15.7 Å². The third-order valence-corrected chi connectivity index (χ3v) is 7.68. The van der Waals surface area contributed by atoms with Gasteiger partial charge in [0.25, 0.3) is 5.91 Å². The van der Waals surface area contributed by atoms with Crippen molar-refractivity contribution in [1.29, 1.82) is 0 Å². The highest BCUT2D eigenvalue weighted by molar-refractivity contribution is 7.84. The fourth-order valence-corrected chi connectivity index (χ4v) is 5.22. The first-order chi connectivity index (χ1) is 18.5. The summed E-state index contributed by atoms with van der Waals surface area (Å²) in [6.45, 7) is 4.50. The van der Waals surface area contributed by atoms with Gasteiger partial charge in [0.05, 0.1) is 26.3 Å². The number of carbonyl (C=O) groups excluding carboxylic acids is 1. The van der Waals surface area contributed by atoms with Gasteiger partial charge in [0, 0.05) is 29.9 Å². The number of hydrogen-bond acceptors (Lipinski definition) is 4. The van der Waals surface area contributed by atoms with Gasteiger partial charge in [-0.1, -0.05) is 92.4 Å². The topological polar surface area (TPSA) is 101 Å². The van der Waals surface area contributed by atoms with Crippen molar-refractivity contribution in [3.8, 4) is 0 Å². The van der Waals surface area contributed by atoms with E-state index in [1.807, 2.05) is 49.4 Å². The summed E-state index contributed by atoms with van der Waals surface area (Å²) in [5.74, 6) is -1.25. The number of carbonyl (C=O) groups is 2. The Morgan fingerprint density at radius 2 is 1.67 bits per heavy atom. The van der Waals surface area contributed by atoms with E-state index >= 15 is 0 Å². The zero-order chi connectivity index (χ0) is 28.9. The number of benzene rings is 3. The molecular formula is C30H36Cl2N2O4S. The van der Waals surface area contributed by atoms with E-state index in [1.165, 1.54) is 11.0 Å². The van der Waals surface area contributed by atoms with Gasteiger partial charge in [-0.25, -0.2) is 4.79 Å². The van der Waals surface area contributed by atoms with Crippen LogP contribution in [-0.2, 0) is 22.0 Å². The molecule has 0 aliphatic heterocycles. The molecule has 0 aromatic heterocycles. The van der Waals surface area contributed by atoms with Crippen LogP contribution in [0.1, 0.15) is 49.0 Å². The molecule has 0 saturated carbocycles. The maximum absolute atomic E-state index is 13.4. The second-order valence-electron chi connectivity index (χ2n) is 9.36. The van der Waals surface area contributed by atoms with Crippen molar-refractivity contribution in [3.05, 3.63) is 94.0 Å². The monoisotopic (exact) mass is 590 g/mol.